The number of benzene rings is 1. The lowest BCUT2D eigenvalue weighted by molar-refractivity contribution is 0.0358. The molecule has 0 unspecified atom stereocenters. The maximum atomic E-state index is 15.9. The van der Waals surface area contributed by atoms with Crippen LogP contribution in [0.2, 0.25) is 18.1 Å². The number of allylic oxidation sites excluding steroid dienone is 1. The molecule has 0 spiro atoms. The van der Waals surface area contributed by atoms with Crippen LogP contribution in [0, 0.1) is 23.2 Å². The summed E-state index contributed by atoms with van der Waals surface area (Å²) in [7, 11) is -5.24. The Kier molecular flexibility index (Phi) is 10.3. The molecule has 0 amide bonds. The molecule has 1 aromatic heterocycles. The highest BCUT2D eigenvalue weighted by atomic mass is 32.2. The van der Waals surface area contributed by atoms with Crippen LogP contribution >= 0.6 is 11.3 Å². The van der Waals surface area contributed by atoms with E-state index in [4.69, 9.17) is 4.43 Å². The highest BCUT2D eigenvalue weighted by molar-refractivity contribution is 7.93. The number of thiazole rings is 1. The number of fused-ring (bicyclic) bond motifs is 2. The molecular weight excluding hydrogens is 570 g/mol. The van der Waals surface area contributed by atoms with E-state index in [-0.39, 0.29) is 27.0 Å². The van der Waals surface area contributed by atoms with Gasteiger partial charge in [0, 0.05) is 0 Å². The first-order valence-electron chi connectivity index (χ1n) is 15.9. The first-order chi connectivity index (χ1) is 19.3. The zero-order chi connectivity index (χ0) is 30.1. The fourth-order valence-corrected chi connectivity index (χ4v) is 13.8. The van der Waals surface area contributed by atoms with Crippen LogP contribution in [0.5, 0.6) is 0 Å². The van der Waals surface area contributed by atoms with Gasteiger partial charge in [-0.25, -0.2) is 17.8 Å². The molecule has 1 aromatic carbocycles. The second kappa shape index (κ2) is 12.9. The highest BCUT2D eigenvalue weighted by Gasteiger charge is 2.52. The van der Waals surface area contributed by atoms with Gasteiger partial charge in [0.1, 0.15) is 6.17 Å². The number of para-hydroxylation sites is 1. The van der Waals surface area contributed by atoms with Gasteiger partial charge in [-0.15, -0.1) is 11.3 Å². The van der Waals surface area contributed by atoms with Gasteiger partial charge in [-0.1, -0.05) is 58.4 Å². The van der Waals surface area contributed by atoms with Crippen molar-refractivity contribution in [3.8, 4) is 0 Å². The van der Waals surface area contributed by atoms with Crippen molar-refractivity contribution in [3.05, 3.63) is 35.9 Å². The zero-order valence-corrected chi connectivity index (χ0v) is 29.0. The van der Waals surface area contributed by atoms with Crippen molar-refractivity contribution in [1.29, 1.82) is 0 Å². The van der Waals surface area contributed by atoms with E-state index in [9.17, 15) is 8.42 Å². The van der Waals surface area contributed by atoms with E-state index in [0.29, 0.717) is 18.3 Å². The average Bonchev–Trinajstić information content (AvgIpc) is 3.55. The summed E-state index contributed by atoms with van der Waals surface area (Å²) in [6.07, 6.45) is 7.53. The molecule has 0 N–H and O–H groups in total. The Hall–Kier alpha value is -1.09. The van der Waals surface area contributed by atoms with Crippen LogP contribution in [-0.2, 0) is 14.3 Å². The largest absolute Gasteiger partial charge is 0.412 e. The van der Waals surface area contributed by atoms with E-state index in [1.807, 2.05) is 30.3 Å². The maximum Gasteiger partial charge on any atom is 0.210 e. The van der Waals surface area contributed by atoms with Crippen LogP contribution < -0.4 is 0 Å². The van der Waals surface area contributed by atoms with Gasteiger partial charge in [-0.3, -0.25) is 0 Å². The van der Waals surface area contributed by atoms with Gasteiger partial charge in [0.15, 0.2) is 8.32 Å². The molecule has 0 bridgehead atoms. The molecule has 8 heteroatoms. The fraction of sp³-hybridized carbons (Fsp3) is 0.727. The van der Waals surface area contributed by atoms with Crippen molar-refractivity contribution >= 4 is 39.7 Å². The number of nitrogens with zero attached hydrogens (tertiary/aromatic N) is 1. The summed E-state index contributed by atoms with van der Waals surface area (Å²) in [5.74, 6) is 0.628. The smallest absolute Gasteiger partial charge is 0.210 e. The minimum absolute atomic E-state index is 0.00609. The Morgan fingerprint density at radius 1 is 1.20 bits per heavy atom. The van der Waals surface area contributed by atoms with Gasteiger partial charge in [0.2, 0.25) is 14.2 Å². The Morgan fingerprint density at radius 2 is 1.88 bits per heavy atom. The van der Waals surface area contributed by atoms with Crippen molar-refractivity contribution in [1.82, 2.24) is 4.98 Å². The van der Waals surface area contributed by atoms with Crippen LogP contribution in [0.3, 0.4) is 0 Å². The number of aromatic nitrogens is 1. The standard InChI is InChI=1S/C33H52FNO3S2Si/c1-8-41(9-2,10-3)38-32(5,6)22-19-28(34)24(4)26-17-18-27-25(14-13-21-33(26,27)7)20-23-40(36,37)31-35-29-15-11-12-16-30(29)39-31/h11-12,15-16,20,24,26-28H,8-10,13-14,17-19,21-23H2,1-7H3/t24-,26+,27-,28-,33+/m0/s1. The average molecular weight is 622 g/mol. The summed E-state index contributed by atoms with van der Waals surface area (Å²) in [6.45, 7) is 15.5. The molecule has 41 heavy (non-hydrogen) atoms. The molecule has 230 valence electrons. The first-order valence-corrected chi connectivity index (χ1v) is 20.9. The van der Waals surface area contributed by atoms with Crippen LogP contribution in [0.1, 0.15) is 93.4 Å². The Bertz CT molecular complexity index is 1280. The second-order valence-electron chi connectivity index (χ2n) is 13.6. The minimum atomic E-state index is -3.49. The Balaban J connectivity index is 1.41. The third-order valence-corrected chi connectivity index (χ3v) is 18.7. The predicted molar refractivity (Wildman–Crippen MR) is 174 cm³/mol. The van der Waals surface area contributed by atoms with E-state index in [0.717, 1.165) is 66.9 Å². The molecule has 2 saturated carbocycles. The lowest BCUT2D eigenvalue weighted by Gasteiger charge is -2.45. The molecule has 2 aliphatic rings. The summed E-state index contributed by atoms with van der Waals surface area (Å²) in [6, 6.07) is 10.9. The second-order valence-corrected chi connectivity index (χ2v) is 21.6. The molecule has 2 aromatic rings. The van der Waals surface area contributed by atoms with Crippen molar-refractivity contribution < 1.29 is 17.2 Å². The number of halogens is 1. The normalized spacial score (nSPS) is 26.4. The molecule has 1 heterocycles. The molecular formula is C33H52FNO3S2Si. The van der Waals surface area contributed by atoms with Crippen LogP contribution in [0.25, 0.3) is 10.2 Å². The topological polar surface area (TPSA) is 56.3 Å². The van der Waals surface area contributed by atoms with E-state index in [1.165, 1.54) is 16.9 Å². The number of hydrogen-bond acceptors (Lipinski definition) is 5. The van der Waals surface area contributed by atoms with Gasteiger partial charge < -0.3 is 4.43 Å². The third-order valence-electron chi connectivity index (χ3n) is 10.8. The maximum absolute atomic E-state index is 15.9. The number of hydrogen-bond donors (Lipinski definition) is 0. The molecule has 5 atom stereocenters. The first kappa shape index (κ1) is 32.8. The van der Waals surface area contributed by atoms with Gasteiger partial charge >= 0.3 is 0 Å². The lowest BCUT2D eigenvalue weighted by atomic mass is 9.60. The molecule has 4 nitrogen and oxygen atoms in total. The van der Waals surface area contributed by atoms with Crippen molar-refractivity contribution in [2.24, 2.45) is 23.2 Å². The highest BCUT2D eigenvalue weighted by Crippen LogP contribution is 2.60. The lowest BCUT2D eigenvalue weighted by Crippen LogP contribution is -2.45. The number of sulfone groups is 1. The zero-order valence-electron chi connectivity index (χ0n) is 26.3. The van der Waals surface area contributed by atoms with Crippen molar-refractivity contribution in [2.75, 3.05) is 5.75 Å². The summed E-state index contributed by atoms with van der Waals surface area (Å²) in [5.41, 5.74) is 1.73. The van der Waals surface area contributed by atoms with Crippen molar-refractivity contribution in [2.45, 2.75) is 128 Å². The Morgan fingerprint density at radius 3 is 2.54 bits per heavy atom. The number of alkyl halides is 1. The quantitative estimate of drug-likeness (QED) is 0.165. The molecule has 0 aliphatic heterocycles. The summed E-state index contributed by atoms with van der Waals surface area (Å²) in [5, 5.41) is 0. The van der Waals surface area contributed by atoms with Gasteiger partial charge in [-0.2, -0.15) is 0 Å². The summed E-state index contributed by atoms with van der Waals surface area (Å²) < 4.78 is 50.2. The summed E-state index contributed by atoms with van der Waals surface area (Å²) in [4.78, 5) is 4.40. The molecule has 0 radical (unpaired) electrons. The SMILES string of the molecule is CC[Si](CC)(CC)OC(C)(C)CC[C@H](F)[C@@H](C)[C@H]1CC[C@H]2C(=CCS(=O)(=O)c3nc4ccccc4s3)CCC[C@]12C. The third kappa shape index (κ3) is 7.02. The monoisotopic (exact) mass is 621 g/mol. The molecule has 4 rings (SSSR count). The summed E-state index contributed by atoms with van der Waals surface area (Å²) >= 11 is 1.25. The van der Waals surface area contributed by atoms with Gasteiger partial charge in [0.05, 0.1) is 21.6 Å². The van der Waals surface area contributed by atoms with E-state index in [2.05, 4.69) is 53.5 Å². The Labute approximate surface area is 253 Å². The minimum Gasteiger partial charge on any atom is -0.412 e. The van der Waals surface area contributed by atoms with E-state index < -0.39 is 24.3 Å². The molecule has 2 aliphatic carbocycles. The van der Waals surface area contributed by atoms with Crippen molar-refractivity contribution in [3.63, 3.8) is 0 Å². The fourth-order valence-electron chi connectivity index (χ4n) is 8.06. The predicted octanol–water partition coefficient (Wildman–Crippen LogP) is 9.77. The van der Waals surface area contributed by atoms with Gasteiger partial charge in [-0.05, 0) is 112 Å². The molecule has 0 saturated heterocycles. The van der Waals surface area contributed by atoms with Gasteiger partial charge in [0.25, 0.3) is 0 Å². The van der Waals surface area contributed by atoms with E-state index in [1.54, 1.807) is 0 Å². The van der Waals surface area contributed by atoms with Crippen LogP contribution in [0.4, 0.5) is 4.39 Å². The number of rotatable bonds is 13. The molecule has 2 fully saturated rings. The van der Waals surface area contributed by atoms with Crippen LogP contribution in [-0.4, -0.2) is 39.2 Å². The van der Waals surface area contributed by atoms with E-state index >= 15 is 4.39 Å². The van der Waals surface area contributed by atoms with Crippen LogP contribution in [0.15, 0.2) is 40.3 Å².